The lowest BCUT2D eigenvalue weighted by molar-refractivity contribution is 0.538. The lowest BCUT2D eigenvalue weighted by Crippen LogP contribution is -2.29. The van der Waals surface area contributed by atoms with Crippen molar-refractivity contribution in [1.82, 2.24) is 14.7 Å². The number of hydrogen-bond acceptors (Lipinski definition) is 6. The predicted molar refractivity (Wildman–Crippen MR) is 124 cm³/mol. The molecule has 31 heavy (non-hydrogen) atoms. The topological polar surface area (TPSA) is 100 Å². The zero-order chi connectivity index (χ0) is 21.8. The van der Waals surface area contributed by atoms with Crippen molar-refractivity contribution >= 4 is 28.6 Å². The maximum Gasteiger partial charge on any atom is 0.295 e. The first-order chi connectivity index (χ1) is 15.0. The highest BCUT2D eigenvalue weighted by Crippen LogP contribution is 2.31. The van der Waals surface area contributed by atoms with E-state index in [9.17, 15) is 4.21 Å². The van der Waals surface area contributed by atoms with E-state index in [0.29, 0.717) is 18.9 Å². The molecule has 3 atom stereocenters. The molecule has 2 unspecified atom stereocenters. The average Bonchev–Trinajstić information content (AvgIpc) is 3.38. The minimum Gasteiger partial charge on any atom is -0.424 e. The Kier molecular flexibility index (Phi) is 6.77. The number of anilines is 1. The number of benzene rings is 1. The molecule has 7 nitrogen and oxygen atoms in total. The fourth-order valence-corrected chi connectivity index (χ4v) is 4.60. The molecule has 9 heteroatoms. The Morgan fingerprint density at radius 3 is 2.87 bits per heavy atom. The molecule has 0 fully saturated rings. The third-order valence-corrected chi connectivity index (χ3v) is 6.37. The normalized spacial score (nSPS) is 17.9. The van der Waals surface area contributed by atoms with Crippen molar-refractivity contribution < 1.29 is 13.2 Å². The van der Waals surface area contributed by atoms with Crippen LogP contribution < -0.4 is 10.0 Å². The van der Waals surface area contributed by atoms with Gasteiger partial charge in [0, 0.05) is 17.0 Å². The standard InChI is InChI=1S/C22H24N4O3S2/c1-14-5-3-4-6-18(14)21-12-23-22(29-21)25-19(20-13-30-15(2)24-20)11-16-7-9-17(10-8-16)26-31(27)28/h3-9,12-13,17,19,26H,10-11H2,1-2H3,(H,23,25)(H,27,28)/t17?,19-/m0/s1. The summed E-state index contributed by atoms with van der Waals surface area (Å²) in [4.78, 5) is 9.09. The van der Waals surface area contributed by atoms with Crippen LogP contribution in [-0.4, -0.2) is 24.8 Å². The number of oxazole rings is 1. The van der Waals surface area contributed by atoms with E-state index in [1.807, 2.05) is 55.6 Å². The minimum absolute atomic E-state index is 0.110. The largest absolute Gasteiger partial charge is 0.424 e. The summed E-state index contributed by atoms with van der Waals surface area (Å²) < 4.78 is 28.6. The molecule has 1 aliphatic rings. The van der Waals surface area contributed by atoms with Crippen LogP contribution in [0, 0.1) is 13.8 Å². The van der Waals surface area contributed by atoms with Gasteiger partial charge in [0.15, 0.2) is 5.76 Å². The summed E-state index contributed by atoms with van der Waals surface area (Å²) in [5.41, 5.74) is 4.20. The van der Waals surface area contributed by atoms with E-state index in [4.69, 9.17) is 8.97 Å². The van der Waals surface area contributed by atoms with Crippen molar-refractivity contribution in [3.63, 3.8) is 0 Å². The van der Waals surface area contributed by atoms with Gasteiger partial charge in [-0.1, -0.05) is 42.5 Å². The highest BCUT2D eigenvalue weighted by molar-refractivity contribution is 7.77. The van der Waals surface area contributed by atoms with Gasteiger partial charge in [-0.3, -0.25) is 4.55 Å². The maximum absolute atomic E-state index is 11.0. The second kappa shape index (κ2) is 9.69. The van der Waals surface area contributed by atoms with Crippen LogP contribution >= 0.6 is 11.3 Å². The molecule has 1 aromatic carbocycles. The van der Waals surface area contributed by atoms with Gasteiger partial charge in [-0.05, 0) is 37.8 Å². The summed E-state index contributed by atoms with van der Waals surface area (Å²) in [7, 11) is 0. The van der Waals surface area contributed by atoms with Crippen molar-refractivity contribution in [2.45, 2.75) is 38.8 Å². The molecule has 0 saturated carbocycles. The Morgan fingerprint density at radius 1 is 1.35 bits per heavy atom. The number of thiazole rings is 1. The van der Waals surface area contributed by atoms with Gasteiger partial charge in [0.05, 0.1) is 22.9 Å². The zero-order valence-corrected chi connectivity index (χ0v) is 18.9. The van der Waals surface area contributed by atoms with E-state index in [2.05, 4.69) is 26.1 Å². The van der Waals surface area contributed by atoms with Gasteiger partial charge >= 0.3 is 0 Å². The molecule has 0 bridgehead atoms. The predicted octanol–water partition coefficient (Wildman–Crippen LogP) is 4.94. The molecule has 4 rings (SSSR count). The number of nitrogens with zero attached hydrogens (tertiary/aromatic N) is 2. The SMILES string of the molecule is Cc1nc([C@H](CC2=CCC(NS(=O)O)C=C2)Nc2ncc(-c3ccccc3C)o2)cs1. The lowest BCUT2D eigenvalue weighted by atomic mass is 9.97. The molecule has 0 spiro atoms. The van der Waals surface area contributed by atoms with Gasteiger partial charge in [-0.15, -0.1) is 11.3 Å². The first-order valence-electron chi connectivity index (χ1n) is 9.92. The molecule has 1 aliphatic carbocycles. The van der Waals surface area contributed by atoms with Gasteiger partial charge in [0.25, 0.3) is 6.01 Å². The van der Waals surface area contributed by atoms with E-state index >= 15 is 0 Å². The van der Waals surface area contributed by atoms with E-state index in [1.54, 1.807) is 17.5 Å². The van der Waals surface area contributed by atoms with Crippen molar-refractivity contribution in [2.24, 2.45) is 0 Å². The highest BCUT2D eigenvalue weighted by atomic mass is 32.2. The Balaban J connectivity index is 1.51. The minimum atomic E-state index is -2.03. The molecule has 0 aliphatic heterocycles. The molecule has 2 heterocycles. The number of aromatic nitrogens is 2. The molecule has 0 saturated heterocycles. The van der Waals surface area contributed by atoms with Crippen molar-refractivity contribution in [1.29, 1.82) is 0 Å². The third kappa shape index (κ3) is 5.56. The summed E-state index contributed by atoms with van der Waals surface area (Å²) in [6.45, 7) is 4.03. The summed E-state index contributed by atoms with van der Waals surface area (Å²) in [6, 6.07) is 8.23. The van der Waals surface area contributed by atoms with E-state index in [0.717, 1.165) is 33.2 Å². The third-order valence-electron chi connectivity index (χ3n) is 5.08. The lowest BCUT2D eigenvalue weighted by Gasteiger charge is -2.20. The number of aryl methyl sites for hydroxylation is 2. The Labute approximate surface area is 187 Å². The second-order valence-corrected chi connectivity index (χ2v) is 9.18. The number of allylic oxidation sites excluding steroid dienone is 1. The van der Waals surface area contributed by atoms with Crippen LogP contribution in [0.1, 0.15) is 35.1 Å². The van der Waals surface area contributed by atoms with Gasteiger partial charge < -0.3 is 9.73 Å². The summed E-state index contributed by atoms with van der Waals surface area (Å²) in [6.07, 6.45) is 9.05. The van der Waals surface area contributed by atoms with Gasteiger partial charge in [-0.25, -0.2) is 18.9 Å². The molecule has 0 radical (unpaired) electrons. The van der Waals surface area contributed by atoms with E-state index < -0.39 is 11.3 Å². The maximum atomic E-state index is 11.0. The molecule has 3 N–H and O–H groups in total. The summed E-state index contributed by atoms with van der Waals surface area (Å²) in [5, 5.41) is 6.44. The van der Waals surface area contributed by atoms with Crippen molar-refractivity contribution in [2.75, 3.05) is 5.32 Å². The monoisotopic (exact) mass is 456 g/mol. The molecule has 3 aromatic rings. The van der Waals surface area contributed by atoms with Crippen LogP contribution in [0.15, 0.2) is 64.1 Å². The molecular weight excluding hydrogens is 432 g/mol. The average molecular weight is 457 g/mol. The fraction of sp³-hybridized carbons (Fsp3) is 0.273. The van der Waals surface area contributed by atoms with Crippen LogP contribution in [0.4, 0.5) is 6.01 Å². The molecule has 2 aromatic heterocycles. The molecule has 0 amide bonds. The fourth-order valence-electron chi connectivity index (χ4n) is 3.50. The smallest absolute Gasteiger partial charge is 0.295 e. The van der Waals surface area contributed by atoms with Crippen LogP contribution in [0.2, 0.25) is 0 Å². The van der Waals surface area contributed by atoms with Crippen LogP contribution in [0.25, 0.3) is 11.3 Å². The molecular formula is C22H24N4O3S2. The first kappa shape index (κ1) is 21.6. The summed E-state index contributed by atoms with van der Waals surface area (Å²) in [5.74, 6) is 0.719. The summed E-state index contributed by atoms with van der Waals surface area (Å²) >= 11 is -0.421. The van der Waals surface area contributed by atoms with Crippen molar-refractivity contribution in [3.8, 4) is 11.3 Å². The number of hydrogen-bond donors (Lipinski definition) is 3. The quantitative estimate of drug-likeness (QED) is 0.415. The van der Waals surface area contributed by atoms with Gasteiger partial charge in [0.1, 0.15) is 0 Å². The Bertz CT molecular complexity index is 1140. The van der Waals surface area contributed by atoms with Crippen LogP contribution in [-0.2, 0) is 11.3 Å². The van der Waals surface area contributed by atoms with E-state index in [-0.39, 0.29) is 12.1 Å². The number of rotatable bonds is 8. The highest BCUT2D eigenvalue weighted by Gasteiger charge is 2.20. The molecule has 162 valence electrons. The Morgan fingerprint density at radius 2 is 2.19 bits per heavy atom. The second-order valence-electron chi connectivity index (χ2n) is 7.38. The van der Waals surface area contributed by atoms with E-state index in [1.165, 1.54) is 0 Å². The first-order valence-corrected chi connectivity index (χ1v) is 11.9. The van der Waals surface area contributed by atoms with Crippen LogP contribution in [0.3, 0.4) is 0 Å². The van der Waals surface area contributed by atoms with Gasteiger partial charge in [0.2, 0.25) is 11.3 Å². The van der Waals surface area contributed by atoms with Crippen LogP contribution in [0.5, 0.6) is 0 Å². The number of nitrogens with one attached hydrogen (secondary N) is 2. The van der Waals surface area contributed by atoms with Gasteiger partial charge in [-0.2, -0.15) is 0 Å². The zero-order valence-electron chi connectivity index (χ0n) is 17.2. The van der Waals surface area contributed by atoms with Crippen molar-refractivity contribution in [3.05, 3.63) is 75.9 Å². The Hall–Kier alpha value is -2.59.